The Morgan fingerprint density at radius 3 is 3.17 bits per heavy atom. The number of amides is 2. The highest BCUT2D eigenvalue weighted by Crippen LogP contribution is 2.29. The standard InChI is InChI=1S/C18H25FN2O3/c1-2-13-4-3-7-21(10-13)18(22)20-6-5-14-8-16(19)9-15-11-23-12-24-17(14)15/h8-9,13H,2-7,10-12H2,1H3,(H,20,22). The van der Waals surface area contributed by atoms with E-state index in [9.17, 15) is 9.18 Å². The molecule has 132 valence electrons. The Kier molecular flexibility index (Phi) is 5.56. The Hall–Kier alpha value is -1.82. The average Bonchev–Trinajstić information content (AvgIpc) is 2.61. The number of nitrogens with one attached hydrogen (secondary N) is 1. The fourth-order valence-corrected chi connectivity index (χ4v) is 3.44. The number of benzene rings is 1. The predicted molar refractivity (Wildman–Crippen MR) is 88.4 cm³/mol. The van der Waals surface area contributed by atoms with E-state index < -0.39 is 0 Å². The molecule has 1 N–H and O–H groups in total. The molecular formula is C18H25FN2O3. The van der Waals surface area contributed by atoms with Gasteiger partial charge in [0.05, 0.1) is 6.61 Å². The number of hydrogen-bond donors (Lipinski definition) is 1. The molecule has 2 heterocycles. The van der Waals surface area contributed by atoms with Crippen LogP contribution in [0.1, 0.15) is 37.3 Å². The van der Waals surface area contributed by atoms with Crippen LogP contribution in [0.5, 0.6) is 5.75 Å². The maximum atomic E-state index is 13.7. The molecule has 1 unspecified atom stereocenters. The number of piperidine rings is 1. The van der Waals surface area contributed by atoms with E-state index in [2.05, 4.69) is 12.2 Å². The monoisotopic (exact) mass is 336 g/mol. The topological polar surface area (TPSA) is 50.8 Å². The Morgan fingerprint density at radius 2 is 2.33 bits per heavy atom. The predicted octanol–water partition coefficient (Wildman–Crippen LogP) is 3.07. The summed E-state index contributed by atoms with van der Waals surface area (Å²) in [4.78, 5) is 14.2. The van der Waals surface area contributed by atoms with Gasteiger partial charge in [0.1, 0.15) is 11.6 Å². The summed E-state index contributed by atoms with van der Waals surface area (Å²) in [5.74, 6) is 1.00. The van der Waals surface area contributed by atoms with Gasteiger partial charge in [0.2, 0.25) is 0 Å². The van der Waals surface area contributed by atoms with Gasteiger partial charge >= 0.3 is 6.03 Å². The van der Waals surface area contributed by atoms with Crippen LogP contribution in [0.25, 0.3) is 0 Å². The Balaban J connectivity index is 1.55. The SMILES string of the molecule is CCC1CCCN(C(=O)NCCc2cc(F)cc3c2OCOC3)C1. The molecule has 0 radical (unpaired) electrons. The molecule has 0 saturated carbocycles. The third kappa shape index (κ3) is 3.98. The van der Waals surface area contributed by atoms with E-state index >= 15 is 0 Å². The molecule has 0 aliphatic carbocycles. The lowest BCUT2D eigenvalue weighted by Gasteiger charge is -2.32. The lowest BCUT2D eigenvalue weighted by Crippen LogP contribution is -2.45. The lowest BCUT2D eigenvalue weighted by molar-refractivity contribution is -0.0172. The molecule has 6 heteroatoms. The van der Waals surface area contributed by atoms with Crippen LogP contribution in [0.4, 0.5) is 9.18 Å². The summed E-state index contributed by atoms with van der Waals surface area (Å²) < 4.78 is 24.4. The van der Waals surface area contributed by atoms with E-state index in [4.69, 9.17) is 9.47 Å². The van der Waals surface area contributed by atoms with Crippen molar-refractivity contribution in [1.82, 2.24) is 10.2 Å². The van der Waals surface area contributed by atoms with Crippen molar-refractivity contribution < 1.29 is 18.7 Å². The summed E-state index contributed by atoms with van der Waals surface area (Å²) >= 11 is 0. The van der Waals surface area contributed by atoms with Gasteiger partial charge < -0.3 is 19.7 Å². The zero-order chi connectivity index (χ0) is 16.9. The van der Waals surface area contributed by atoms with Crippen LogP contribution in [0.2, 0.25) is 0 Å². The molecule has 3 rings (SSSR count). The van der Waals surface area contributed by atoms with Crippen LogP contribution in [-0.4, -0.2) is 37.4 Å². The highest BCUT2D eigenvalue weighted by molar-refractivity contribution is 5.74. The molecule has 2 aliphatic heterocycles. The van der Waals surface area contributed by atoms with Crippen molar-refractivity contribution in [2.75, 3.05) is 26.4 Å². The first kappa shape index (κ1) is 17.0. The highest BCUT2D eigenvalue weighted by Gasteiger charge is 2.22. The molecule has 24 heavy (non-hydrogen) atoms. The molecule has 0 bridgehead atoms. The number of likely N-dealkylation sites (tertiary alicyclic amines) is 1. The van der Waals surface area contributed by atoms with Crippen molar-refractivity contribution in [1.29, 1.82) is 0 Å². The first-order valence-electron chi connectivity index (χ1n) is 8.72. The van der Waals surface area contributed by atoms with E-state index in [1.54, 1.807) is 0 Å². The van der Waals surface area contributed by atoms with Gasteiger partial charge in [-0.15, -0.1) is 0 Å². The lowest BCUT2D eigenvalue weighted by atomic mass is 9.96. The van der Waals surface area contributed by atoms with Crippen molar-refractivity contribution in [3.8, 4) is 5.75 Å². The van der Waals surface area contributed by atoms with Gasteiger partial charge in [-0.05, 0) is 42.9 Å². The normalized spacial score (nSPS) is 20.2. The van der Waals surface area contributed by atoms with Crippen LogP contribution in [0, 0.1) is 11.7 Å². The van der Waals surface area contributed by atoms with Crippen LogP contribution in [0.3, 0.4) is 0 Å². The quantitative estimate of drug-likeness (QED) is 0.919. The molecule has 0 spiro atoms. The van der Waals surface area contributed by atoms with E-state index in [1.165, 1.54) is 18.6 Å². The van der Waals surface area contributed by atoms with Crippen molar-refractivity contribution >= 4 is 6.03 Å². The number of urea groups is 1. The minimum Gasteiger partial charge on any atom is -0.467 e. The van der Waals surface area contributed by atoms with Crippen LogP contribution in [0.15, 0.2) is 12.1 Å². The number of nitrogens with zero attached hydrogens (tertiary/aromatic N) is 1. The van der Waals surface area contributed by atoms with Gasteiger partial charge in [-0.1, -0.05) is 13.3 Å². The van der Waals surface area contributed by atoms with Crippen LogP contribution in [-0.2, 0) is 17.8 Å². The second-order valence-electron chi connectivity index (χ2n) is 6.51. The molecule has 1 fully saturated rings. The molecule has 1 saturated heterocycles. The van der Waals surface area contributed by atoms with Gasteiger partial charge in [-0.2, -0.15) is 0 Å². The largest absolute Gasteiger partial charge is 0.467 e. The number of halogens is 1. The van der Waals surface area contributed by atoms with E-state index in [1.807, 2.05) is 4.90 Å². The zero-order valence-corrected chi connectivity index (χ0v) is 14.1. The van der Waals surface area contributed by atoms with Gasteiger partial charge in [-0.3, -0.25) is 0 Å². The summed E-state index contributed by atoms with van der Waals surface area (Å²) in [6.07, 6.45) is 3.92. The third-order valence-corrected chi connectivity index (χ3v) is 4.81. The van der Waals surface area contributed by atoms with E-state index in [0.717, 1.165) is 37.1 Å². The second-order valence-corrected chi connectivity index (χ2v) is 6.51. The second kappa shape index (κ2) is 7.83. The van der Waals surface area contributed by atoms with E-state index in [0.29, 0.717) is 31.2 Å². The summed E-state index contributed by atoms with van der Waals surface area (Å²) in [5, 5.41) is 2.95. The van der Waals surface area contributed by atoms with Crippen LogP contribution < -0.4 is 10.1 Å². The minimum absolute atomic E-state index is 0.0253. The highest BCUT2D eigenvalue weighted by atomic mass is 19.1. The van der Waals surface area contributed by atoms with Gasteiger partial charge in [0.15, 0.2) is 6.79 Å². The molecule has 1 aromatic rings. The molecule has 5 nitrogen and oxygen atoms in total. The Morgan fingerprint density at radius 1 is 1.46 bits per heavy atom. The van der Waals surface area contributed by atoms with E-state index in [-0.39, 0.29) is 18.6 Å². The first-order chi connectivity index (χ1) is 11.7. The van der Waals surface area contributed by atoms with Gasteiger partial charge in [0, 0.05) is 25.2 Å². The van der Waals surface area contributed by atoms with Crippen molar-refractivity contribution in [3.05, 3.63) is 29.1 Å². The zero-order valence-electron chi connectivity index (χ0n) is 14.1. The molecule has 2 amide bonds. The number of carbonyl (C=O) groups excluding carboxylic acids is 1. The van der Waals surface area contributed by atoms with Crippen molar-refractivity contribution in [3.63, 3.8) is 0 Å². The number of hydrogen-bond acceptors (Lipinski definition) is 3. The number of carbonyl (C=O) groups is 1. The summed E-state index contributed by atoms with van der Waals surface area (Å²) in [5.41, 5.74) is 1.50. The van der Waals surface area contributed by atoms with Crippen molar-refractivity contribution in [2.45, 2.75) is 39.2 Å². The Bertz CT molecular complexity index is 594. The minimum atomic E-state index is -0.300. The molecule has 0 aromatic heterocycles. The summed E-state index contributed by atoms with van der Waals surface area (Å²) in [6, 6.07) is 2.89. The molecule has 1 aromatic carbocycles. The maximum Gasteiger partial charge on any atom is 0.317 e. The summed E-state index contributed by atoms with van der Waals surface area (Å²) in [7, 11) is 0. The van der Waals surface area contributed by atoms with Gasteiger partial charge in [-0.25, -0.2) is 9.18 Å². The molecule has 2 aliphatic rings. The average molecular weight is 336 g/mol. The van der Waals surface area contributed by atoms with Gasteiger partial charge in [0.25, 0.3) is 0 Å². The maximum absolute atomic E-state index is 13.7. The number of fused-ring (bicyclic) bond motifs is 1. The van der Waals surface area contributed by atoms with Crippen molar-refractivity contribution in [2.24, 2.45) is 5.92 Å². The summed E-state index contributed by atoms with van der Waals surface area (Å²) in [6.45, 7) is 4.83. The third-order valence-electron chi connectivity index (χ3n) is 4.81. The number of ether oxygens (including phenoxy) is 2. The molecular weight excluding hydrogens is 311 g/mol. The first-order valence-corrected chi connectivity index (χ1v) is 8.72. The molecule has 1 atom stereocenters. The number of rotatable bonds is 4. The fourth-order valence-electron chi connectivity index (χ4n) is 3.44. The smallest absolute Gasteiger partial charge is 0.317 e. The fraction of sp³-hybridized carbons (Fsp3) is 0.611. The van der Waals surface area contributed by atoms with Crippen LogP contribution >= 0.6 is 0 Å². The Labute approximate surface area is 142 Å².